The second kappa shape index (κ2) is 3.70. The van der Waals surface area contributed by atoms with Gasteiger partial charge in [-0.15, -0.1) is 35.6 Å². The molecule has 2 aromatic rings. The molecular formula is C9H6Cl2S2. The average molecular weight is 249 g/mol. The molecule has 0 fully saturated rings. The van der Waals surface area contributed by atoms with Gasteiger partial charge in [0.2, 0.25) is 0 Å². The van der Waals surface area contributed by atoms with Crippen molar-refractivity contribution in [3.63, 3.8) is 0 Å². The molecule has 0 amide bonds. The topological polar surface area (TPSA) is 0 Å². The number of thiol groups is 1. The van der Waals surface area contributed by atoms with Crippen LogP contribution in [0.5, 0.6) is 0 Å². The molecule has 1 aromatic heterocycles. The minimum atomic E-state index is 0.496. The average Bonchev–Trinajstić information content (AvgIpc) is 2.46. The van der Waals surface area contributed by atoms with E-state index in [1.165, 1.54) is 0 Å². The normalized spacial score (nSPS) is 11.0. The van der Waals surface area contributed by atoms with Crippen LogP contribution >= 0.6 is 47.2 Å². The molecule has 4 heteroatoms. The summed E-state index contributed by atoms with van der Waals surface area (Å²) in [7, 11) is 0. The molecule has 1 heterocycles. The Morgan fingerprint density at radius 2 is 2.08 bits per heavy atom. The van der Waals surface area contributed by atoms with Crippen LogP contribution in [0.15, 0.2) is 22.4 Å². The van der Waals surface area contributed by atoms with Crippen LogP contribution in [0.4, 0.5) is 0 Å². The van der Waals surface area contributed by atoms with Crippen LogP contribution in [-0.2, 0) is 5.88 Å². The minimum absolute atomic E-state index is 0.496. The van der Waals surface area contributed by atoms with E-state index in [0.717, 1.165) is 24.9 Å². The third kappa shape index (κ3) is 1.82. The van der Waals surface area contributed by atoms with Crippen LogP contribution in [0.25, 0.3) is 10.1 Å². The first kappa shape index (κ1) is 9.66. The van der Waals surface area contributed by atoms with Crippen molar-refractivity contribution < 1.29 is 0 Å². The predicted octanol–water partition coefficient (Wildman–Crippen LogP) is 4.58. The first-order valence-corrected chi connectivity index (χ1v) is 5.85. The highest BCUT2D eigenvalue weighted by Crippen LogP contribution is 2.34. The van der Waals surface area contributed by atoms with E-state index < -0.39 is 0 Å². The summed E-state index contributed by atoms with van der Waals surface area (Å²) in [6.07, 6.45) is 0. The van der Waals surface area contributed by atoms with Crippen molar-refractivity contribution in [2.45, 2.75) is 10.1 Å². The Bertz CT molecular complexity index is 448. The van der Waals surface area contributed by atoms with Crippen LogP contribution in [-0.4, -0.2) is 0 Å². The number of thiophene rings is 1. The molecular weight excluding hydrogens is 243 g/mol. The molecule has 68 valence electrons. The van der Waals surface area contributed by atoms with Gasteiger partial charge in [-0.05, 0) is 23.8 Å². The van der Waals surface area contributed by atoms with Crippen molar-refractivity contribution in [2.75, 3.05) is 0 Å². The summed E-state index contributed by atoms with van der Waals surface area (Å²) >= 11 is 17.7. The van der Waals surface area contributed by atoms with Crippen LogP contribution in [0, 0.1) is 0 Å². The van der Waals surface area contributed by atoms with E-state index in [1.54, 1.807) is 11.3 Å². The first-order valence-electron chi connectivity index (χ1n) is 3.67. The molecule has 0 N–H and O–H groups in total. The van der Waals surface area contributed by atoms with Gasteiger partial charge < -0.3 is 0 Å². The second-order valence-electron chi connectivity index (χ2n) is 2.71. The van der Waals surface area contributed by atoms with Crippen molar-refractivity contribution in [1.29, 1.82) is 0 Å². The smallest absolute Gasteiger partial charge is 0.0581 e. The molecule has 0 aliphatic rings. The zero-order chi connectivity index (χ0) is 9.42. The fraction of sp³-hybridized carbons (Fsp3) is 0.111. The summed E-state index contributed by atoms with van der Waals surface area (Å²) in [6, 6.07) is 5.93. The molecule has 0 aliphatic carbocycles. The fourth-order valence-electron chi connectivity index (χ4n) is 1.21. The summed E-state index contributed by atoms with van der Waals surface area (Å²) in [6.45, 7) is 0. The number of fused-ring (bicyclic) bond motifs is 1. The number of rotatable bonds is 1. The van der Waals surface area contributed by atoms with E-state index in [0.29, 0.717) is 5.88 Å². The lowest BCUT2D eigenvalue weighted by molar-refractivity contribution is 1.43. The highest BCUT2D eigenvalue weighted by Gasteiger charge is 2.05. The van der Waals surface area contributed by atoms with Gasteiger partial charge in [0.15, 0.2) is 0 Å². The Morgan fingerprint density at radius 3 is 2.77 bits per heavy atom. The maximum absolute atomic E-state index is 6.07. The van der Waals surface area contributed by atoms with Gasteiger partial charge in [0, 0.05) is 21.0 Å². The second-order valence-corrected chi connectivity index (χ2v) is 5.25. The van der Waals surface area contributed by atoms with Crippen molar-refractivity contribution in [3.05, 3.63) is 28.8 Å². The first-order chi connectivity index (χ1) is 6.20. The van der Waals surface area contributed by atoms with Crippen LogP contribution in [0.3, 0.4) is 0 Å². The number of halogens is 2. The highest BCUT2D eigenvalue weighted by atomic mass is 35.5. The van der Waals surface area contributed by atoms with Crippen molar-refractivity contribution in [3.8, 4) is 0 Å². The molecule has 0 bridgehead atoms. The standard InChI is InChI=1S/C9H6Cl2S2/c10-4-5-1-7(11)6-3-9(12)13-8(6)2-5/h1-3,12H,4H2. The van der Waals surface area contributed by atoms with E-state index in [-0.39, 0.29) is 0 Å². The molecule has 0 spiro atoms. The molecule has 0 unspecified atom stereocenters. The third-order valence-electron chi connectivity index (χ3n) is 1.79. The maximum atomic E-state index is 6.07. The highest BCUT2D eigenvalue weighted by molar-refractivity contribution is 7.83. The monoisotopic (exact) mass is 248 g/mol. The van der Waals surface area contributed by atoms with E-state index in [4.69, 9.17) is 23.2 Å². The zero-order valence-electron chi connectivity index (χ0n) is 6.55. The Hall–Kier alpha value is 0.110. The molecule has 0 radical (unpaired) electrons. The van der Waals surface area contributed by atoms with E-state index in [2.05, 4.69) is 18.7 Å². The summed E-state index contributed by atoms with van der Waals surface area (Å²) in [5.41, 5.74) is 1.05. The van der Waals surface area contributed by atoms with Gasteiger partial charge in [0.05, 0.1) is 4.21 Å². The summed E-state index contributed by atoms with van der Waals surface area (Å²) in [4.78, 5) is 0. The van der Waals surface area contributed by atoms with Gasteiger partial charge in [-0.2, -0.15) is 0 Å². The van der Waals surface area contributed by atoms with Crippen molar-refractivity contribution in [1.82, 2.24) is 0 Å². The van der Waals surface area contributed by atoms with Gasteiger partial charge in [0.1, 0.15) is 0 Å². The molecule has 0 nitrogen and oxygen atoms in total. The molecule has 1 aromatic carbocycles. The molecule has 0 atom stereocenters. The fourth-order valence-corrected chi connectivity index (χ4v) is 3.04. The minimum Gasteiger partial charge on any atom is -0.133 e. The Labute approximate surface area is 95.9 Å². The van der Waals surface area contributed by atoms with E-state index in [1.807, 2.05) is 12.1 Å². The number of hydrogen-bond donors (Lipinski definition) is 1. The van der Waals surface area contributed by atoms with Crippen molar-refractivity contribution in [2.24, 2.45) is 0 Å². The molecule has 0 saturated carbocycles. The summed E-state index contributed by atoms with van der Waals surface area (Å²) in [5.74, 6) is 0.496. The van der Waals surface area contributed by atoms with Crippen LogP contribution in [0.1, 0.15) is 5.56 Å². The Morgan fingerprint density at radius 1 is 1.31 bits per heavy atom. The van der Waals surface area contributed by atoms with E-state index in [9.17, 15) is 0 Å². The summed E-state index contributed by atoms with van der Waals surface area (Å²) in [5, 5.41) is 1.82. The summed E-state index contributed by atoms with van der Waals surface area (Å²) < 4.78 is 2.12. The van der Waals surface area contributed by atoms with E-state index >= 15 is 0 Å². The largest absolute Gasteiger partial charge is 0.133 e. The molecule has 2 rings (SSSR count). The Balaban J connectivity index is 2.75. The van der Waals surface area contributed by atoms with Gasteiger partial charge in [-0.1, -0.05) is 11.6 Å². The SMILES string of the molecule is Sc1cc2c(Cl)cc(CCl)cc2s1. The van der Waals surface area contributed by atoms with Crippen molar-refractivity contribution >= 4 is 57.3 Å². The lowest BCUT2D eigenvalue weighted by atomic mass is 10.2. The Kier molecular flexibility index (Phi) is 2.75. The van der Waals surface area contributed by atoms with Gasteiger partial charge in [-0.25, -0.2) is 0 Å². The molecule has 0 aliphatic heterocycles. The maximum Gasteiger partial charge on any atom is 0.0581 e. The molecule has 13 heavy (non-hydrogen) atoms. The van der Waals surface area contributed by atoms with Gasteiger partial charge in [0.25, 0.3) is 0 Å². The lowest BCUT2D eigenvalue weighted by Gasteiger charge is -1.97. The lowest BCUT2D eigenvalue weighted by Crippen LogP contribution is -1.76. The van der Waals surface area contributed by atoms with Crippen LogP contribution < -0.4 is 0 Å². The molecule has 0 saturated heterocycles. The zero-order valence-corrected chi connectivity index (χ0v) is 9.77. The van der Waals surface area contributed by atoms with Crippen LogP contribution in [0.2, 0.25) is 5.02 Å². The number of hydrogen-bond acceptors (Lipinski definition) is 2. The quantitative estimate of drug-likeness (QED) is 0.555. The predicted molar refractivity (Wildman–Crippen MR) is 63.6 cm³/mol. The van der Waals surface area contributed by atoms with Gasteiger partial charge >= 0.3 is 0 Å². The number of alkyl halides is 1. The van der Waals surface area contributed by atoms with Gasteiger partial charge in [-0.3, -0.25) is 0 Å². The number of benzene rings is 1. The third-order valence-corrected chi connectivity index (χ3v) is 3.70.